The van der Waals surface area contributed by atoms with Gasteiger partial charge in [-0.15, -0.1) is 6.58 Å². The van der Waals surface area contributed by atoms with E-state index in [-0.39, 0.29) is 0 Å². The molecular formula is C9H14N4O. The molecule has 0 aliphatic carbocycles. The number of nitrogen functional groups attached to an aromatic ring is 1. The zero-order chi connectivity index (χ0) is 10.4. The highest BCUT2D eigenvalue weighted by Gasteiger charge is 2.06. The monoisotopic (exact) mass is 194 g/mol. The van der Waals surface area contributed by atoms with E-state index in [1.807, 2.05) is 6.08 Å². The van der Waals surface area contributed by atoms with E-state index in [4.69, 9.17) is 10.5 Å². The maximum absolute atomic E-state index is 5.74. The van der Waals surface area contributed by atoms with E-state index in [0.29, 0.717) is 17.4 Å². The Morgan fingerprint density at radius 3 is 3.07 bits per heavy atom. The molecule has 1 rings (SSSR count). The molecule has 0 saturated heterocycles. The van der Waals surface area contributed by atoms with Crippen LogP contribution in [0.2, 0.25) is 0 Å². The fourth-order valence-corrected chi connectivity index (χ4v) is 0.976. The van der Waals surface area contributed by atoms with Crippen molar-refractivity contribution in [1.29, 1.82) is 0 Å². The van der Waals surface area contributed by atoms with Gasteiger partial charge >= 0.3 is 0 Å². The van der Waals surface area contributed by atoms with Crippen LogP contribution < -0.4 is 15.8 Å². The SMILES string of the molecule is C=CCCNc1ncnc(OC)c1N. The number of anilines is 2. The van der Waals surface area contributed by atoms with Crippen LogP contribution in [0.3, 0.4) is 0 Å². The summed E-state index contributed by atoms with van der Waals surface area (Å²) in [6.07, 6.45) is 4.08. The van der Waals surface area contributed by atoms with Crippen LogP contribution in [0.25, 0.3) is 0 Å². The Morgan fingerprint density at radius 2 is 2.43 bits per heavy atom. The first-order chi connectivity index (χ1) is 6.79. The lowest BCUT2D eigenvalue weighted by atomic mass is 10.4. The van der Waals surface area contributed by atoms with Gasteiger partial charge in [0, 0.05) is 6.54 Å². The van der Waals surface area contributed by atoms with Gasteiger partial charge < -0.3 is 15.8 Å². The Morgan fingerprint density at radius 1 is 1.64 bits per heavy atom. The lowest BCUT2D eigenvalue weighted by Crippen LogP contribution is -2.07. The van der Waals surface area contributed by atoms with Gasteiger partial charge in [0.15, 0.2) is 5.82 Å². The number of aromatic nitrogens is 2. The van der Waals surface area contributed by atoms with Crippen molar-refractivity contribution in [2.24, 2.45) is 0 Å². The van der Waals surface area contributed by atoms with Crippen LogP contribution in [0, 0.1) is 0 Å². The normalized spacial score (nSPS) is 9.50. The zero-order valence-electron chi connectivity index (χ0n) is 8.16. The minimum Gasteiger partial charge on any atom is -0.479 e. The van der Waals surface area contributed by atoms with E-state index >= 15 is 0 Å². The second kappa shape index (κ2) is 5.06. The molecule has 0 amide bonds. The van der Waals surface area contributed by atoms with Crippen molar-refractivity contribution in [1.82, 2.24) is 9.97 Å². The molecule has 5 nitrogen and oxygen atoms in total. The van der Waals surface area contributed by atoms with Crippen molar-refractivity contribution in [3.8, 4) is 5.88 Å². The van der Waals surface area contributed by atoms with Crippen LogP contribution in [-0.2, 0) is 0 Å². The van der Waals surface area contributed by atoms with Gasteiger partial charge in [-0.2, -0.15) is 4.98 Å². The average Bonchev–Trinajstić information content (AvgIpc) is 2.21. The zero-order valence-corrected chi connectivity index (χ0v) is 8.16. The van der Waals surface area contributed by atoms with Gasteiger partial charge in [0.2, 0.25) is 5.88 Å². The molecule has 5 heteroatoms. The van der Waals surface area contributed by atoms with Crippen LogP contribution in [0.4, 0.5) is 11.5 Å². The highest BCUT2D eigenvalue weighted by Crippen LogP contribution is 2.23. The number of methoxy groups -OCH3 is 1. The number of nitrogens with one attached hydrogen (secondary N) is 1. The van der Waals surface area contributed by atoms with E-state index < -0.39 is 0 Å². The van der Waals surface area contributed by atoms with Gasteiger partial charge in [-0.05, 0) is 6.42 Å². The fraction of sp³-hybridized carbons (Fsp3) is 0.333. The maximum Gasteiger partial charge on any atom is 0.242 e. The number of rotatable bonds is 5. The lowest BCUT2D eigenvalue weighted by Gasteiger charge is -2.08. The summed E-state index contributed by atoms with van der Waals surface area (Å²) in [6.45, 7) is 4.36. The van der Waals surface area contributed by atoms with Crippen LogP contribution in [0.1, 0.15) is 6.42 Å². The third-order valence-electron chi connectivity index (χ3n) is 1.68. The average molecular weight is 194 g/mol. The van der Waals surface area contributed by atoms with Crippen LogP contribution in [0.15, 0.2) is 19.0 Å². The number of hydrogen-bond acceptors (Lipinski definition) is 5. The van der Waals surface area contributed by atoms with E-state index in [1.54, 1.807) is 0 Å². The first-order valence-corrected chi connectivity index (χ1v) is 4.28. The topological polar surface area (TPSA) is 73.1 Å². The van der Waals surface area contributed by atoms with Gasteiger partial charge in [0.1, 0.15) is 12.0 Å². The number of ether oxygens (including phenoxy) is 1. The molecule has 1 aromatic rings. The van der Waals surface area contributed by atoms with E-state index in [0.717, 1.165) is 13.0 Å². The minimum atomic E-state index is 0.390. The number of nitrogens with zero attached hydrogens (tertiary/aromatic N) is 2. The molecule has 76 valence electrons. The van der Waals surface area contributed by atoms with Crippen molar-refractivity contribution in [3.63, 3.8) is 0 Å². The van der Waals surface area contributed by atoms with Crippen LogP contribution in [0.5, 0.6) is 5.88 Å². The van der Waals surface area contributed by atoms with Crippen molar-refractivity contribution in [2.45, 2.75) is 6.42 Å². The predicted octanol–water partition coefficient (Wildman–Crippen LogP) is 1.06. The van der Waals surface area contributed by atoms with Gasteiger partial charge in [-0.25, -0.2) is 4.98 Å². The summed E-state index contributed by atoms with van der Waals surface area (Å²) >= 11 is 0. The molecule has 14 heavy (non-hydrogen) atoms. The third-order valence-corrected chi connectivity index (χ3v) is 1.68. The molecule has 1 heterocycles. The molecule has 0 bridgehead atoms. The van der Waals surface area contributed by atoms with Gasteiger partial charge in [0.25, 0.3) is 0 Å². The number of hydrogen-bond donors (Lipinski definition) is 2. The quantitative estimate of drug-likeness (QED) is 0.541. The Balaban J connectivity index is 2.71. The Bertz CT molecular complexity index is 314. The molecule has 0 fully saturated rings. The summed E-state index contributed by atoms with van der Waals surface area (Å²) in [6, 6.07) is 0. The highest BCUT2D eigenvalue weighted by molar-refractivity contribution is 5.66. The molecule has 3 N–H and O–H groups in total. The summed E-state index contributed by atoms with van der Waals surface area (Å²) in [5.41, 5.74) is 6.17. The summed E-state index contributed by atoms with van der Waals surface area (Å²) < 4.78 is 4.96. The summed E-state index contributed by atoms with van der Waals surface area (Å²) in [5, 5.41) is 3.06. The van der Waals surface area contributed by atoms with Crippen molar-refractivity contribution in [2.75, 3.05) is 24.7 Å². The van der Waals surface area contributed by atoms with Gasteiger partial charge in [-0.3, -0.25) is 0 Å². The summed E-state index contributed by atoms with van der Waals surface area (Å²) in [7, 11) is 1.52. The fourth-order valence-electron chi connectivity index (χ4n) is 0.976. The Kier molecular flexibility index (Phi) is 3.72. The predicted molar refractivity (Wildman–Crippen MR) is 56.3 cm³/mol. The molecule has 0 aliphatic rings. The third kappa shape index (κ3) is 2.35. The van der Waals surface area contributed by atoms with Crippen LogP contribution in [-0.4, -0.2) is 23.6 Å². The molecule has 0 saturated carbocycles. The standard InChI is InChI=1S/C9H14N4O/c1-3-4-5-11-8-7(10)9(14-2)13-6-12-8/h3,6H,1,4-5,10H2,2H3,(H,11,12,13). The van der Waals surface area contributed by atoms with Crippen LogP contribution >= 0.6 is 0 Å². The molecule has 1 aromatic heterocycles. The second-order valence-electron chi connectivity index (χ2n) is 2.65. The molecule has 0 aliphatic heterocycles. The van der Waals surface area contributed by atoms with E-state index in [2.05, 4.69) is 21.9 Å². The molecular weight excluding hydrogens is 180 g/mol. The van der Waals surface area contributed by atoms with Crippen molar-refractivity contribution < 1.29 is 4.74 Å². The first kappa shape index (κ1) is 10.3. The Hall–Kier alpha value is -1.78. The van der Waals surface area contributed by atoms with Gasteiger partial charge in [-0.1, -0.05) is 6.08 Å². The second-order valence-corrected chi connectivity index (χ2v) is 2.65. The lowest BCUT2D eigenvalue weighted by molar-refractivity contribution is 0.399. The summed E-state index contributed by atoms with van der Waals surface area (Å²) in [4.78, 5) is 7.86. The van der Waals surface area contributed by atoms with Gasteiger partial charge in [0.05, 0.1) is 7.11 Å². The molecule has 0 atom stereocenters. The van der Waals surface area contributed by atoms with E-state index in [1.165, 1.54) is 13.4 Å². The van der Waals surface area contributed by atoms with Crippen molar-refractivity contribution >= 4 is 11.5 Å². The smallest absolute Gasteiger partial charge is 0.242 e. The minimum absolute atomic E-state index is 0.390. The molecule has 0 unspecified atom stereocenters. The van der Waals surface area contributed by atoms with E-state index in [9.17, 15) is 0 Å². The summed E-state index contributed by atoms with van der Waals surface area (Å²) in [5.74, 6) is 0.986. The Labute approximate surface area is 83.0 Å². The molecule has 0 aromatic carbocycles. The molecule has 0 radical (unpaired) electrons. The largest absolute Gasteiger partial charge is 0.479 e. The molecule has 0 spiro atoms. The van der Waals surface area contributed by atoms with Crippen molar-refractivity contribution in [3.05, 3.63) is 19.0 Å². The number of nitrogens with two attached hydrogens (primary N) is 1. The maximum atomic E-state index is 5.74. The highest BCUT2D eigenvalue weighted by atomic mass is 16.5. The first-order valence-electron chi connectivity index (χ1n) is 4.28.